The van der Waals surface area contributed by atoms with Crippen LogP contribution in [-0.2, 0) is 4.74 Å². The van der Waals surface area contributed by atoms with Gasteiger partial charge in [0.25, 0.3) is 0 Å². The second-order valence-electron chi connectivity index (χ2n) is 9.23. The Labute approximate surface area is 195 Å². The Morgan fingerprint density at radius 2 is 1.70 bits per heavy atom. The van der Waals surface area contributed by atoms with Crippen LogP contribution in [0.4, 0.5) is 8.78 Å². The minimum absolute atomic E-state index is 0.0694. The van der Waals surface area contributed by atoms with Gasteiger partial charge in [-0.3, -0.25) is 0 Å². The van der Waals surface area contributed by atoms with Crippen LogP contribution >= 0.6 is 0 Å². The van der Waals surface area contributed by atoms with E-state index in [-0.39, 0.29) is 17.9 Å². The summed E-state index contributed by atoms with van der Waals surface area (Å²) in [6, 6.07) is 10.1. The van der Waals surface area contributed by atoms with Gasteiger partial charge in [0, 0.05) is 11.5 Å². The first-order valence-corrected chi connectivity index (χ1v) is 12.2. The predicted octanol–water partition coefficient (Wildman–Crippen LogP) is 7.20. The zero-order chi connectivity index (χ0) is 23.2. The zero-order valence-corrected chi connectivity index (χ0v) is 19.4. The van der Waals surface area contributed by atoms with Crippen LogP contribution in [0.5, 0.6) is 11.5 Å². The maximum absolute atomic E-state index is 14.5. The Morgan fingerprint density at radius 1 is 0.939 bits per heavy atom. The fourth-order valence-corrected chi connectivity index (χ4v) is 5.05. The summed E-state index contributed by atoms with van der Waals surface area (Å²) in [6.45, 7) is 7.28. The zero-order valence-electron chi connectivity index (χ0n) is 19.4. The van der Waals surface area contributed by atoms with Gasteiger partial charge in [-0.15, -0.1) is 6.58 Å². The maximum atomic E-state index is 14.5. The van der Waals surface area contributed by atoms with E-state index in [1.807, 2.05) is 0 Å². The molecule has 1 saturated heterocycles. The number of hydrogen-bond donors (Lipinski definition) is 0. The number of hydrogen-bond acceptors (Lipinski definition) is 3. The molecule has 2 aliphatic rings. The van der Waals surface area contributed by atoms with Crippen molar-refractivity contribution >= 4 is 0 Å². The first-order chi connectivity index (χ1) is 16.1. The standard InChI is InChI=1S/C28H34F2O3/c1-3-19-5-8-22(9-6-19)25-15-7-20(18-33-25)17-32-23-12-10-21(11-13-23)24-14-16-26(31-4-2)28(30)27(24)29/h3,10-14,16,19-20,22,25H,1,4-9,15,17-18H2,2H3. The topological polar surface area (TPSA) is 27.7 Å². The molecule has 1 aliphatic carbocycles. The highest BCUT2D eigenvalue weighted by Crippen LogP contribution is 2.36. The monoisotopic (exact) mass is 456 g/mol. The number of ether oxygens (including phenoxy) is 3. The number of halogens is 2. The molecule has 1 saturated carbocycles. The van der Waals surface area contributed by atoms with Crippen molar-refractivity contribution in [2.75, 3.05) is 19.8 Å². The molecule has 1 heterocycles. The predicted molar refractivity (Wildman–Crippen MR) is 127 cm³/mol. The summed E-state index contributed by atoms with van der Waals surface area (Å²) in [4.78, 5) is 0. The highest BCUT2D eigenvalue weighted by molar-refractivity contribution is 5.66. The van der Waals surface area contributed by atoms with Crippen molar-refractivity contribution in [1.82, 2.24) is 0 Å². The summed E-state index contributed by atoms with van der Waals surface area (Å²) in [5, 5.41) is 0. The van der Waals surface area contributed by atoms with E-state index in [9.17, 15) is 8.78 Å². The first kappa shape index (κ1) is 23.7. The smallest absolute Gasteiger partial charge is 0.201 e. The van der Waals surface area contributed by atoms with Crippen molar-refractivity contribution in [2.45, 2.75) is 51.6 Å². The molecule has 178 valence electrons. The minimum Gasteiger partial charge on any atom is -0.493 e. The van der Waals surface area contributed by atoms with Crippen LogP contribution in [0.1, 0.15) is 45.4 Å². The molecule has 0 N–H and O–H groups in total. The van der Waals surface area contributed by atoms with E-state index in [1.54, 1.807) is 37.3 Å². The van der Waals surface area contributed by atoms with E-state index in [0.717, 1.165) is 25.2 Å². The Bertz CT molecular complexity index is 911. The van der Waals surface area contributed by atoms with Gasteiger partial charge in [-0.1, -0.05) is 18.2 Å². The molecule has 5 heteroatoms. The molecular weight excluding hydrogens is 422 g/mol. The Hall–Kier alpha value is -2.40. The van der Waals surface area contributed by atoms with Crippen LogP contribution in [0.15, 0.2) is 49.1 Å². The molecule has 0 aromatic heterocycles. The van der Waals surface area contributed by atoms with Crippen LogP contribution in [0.2, 0.25) is 0 Å². The lowest BCUT2D eigenvalue weighted by Crippen LogP contribution is -2.35. The van der Waals surface area contributed by atoms with Gasteiger partial charge in [0.1, 0.15) is 5.75 Å². The van der Waals surface area contributed by atoms with Crippen molar-refractivity contribution in [2.24, 2.45) is 17.8 Å². The quantitative estimate of drug-likeness (QED) is 0.393. The fraction of sp³-hybridized carbons (Fsp3) is 0.500. The Morgan fingerprint density at radius 3 is 2.33 bits per heavy atom. The van der Waals surface area contributed by atoms with Crippen molar-refractivity contribution in [3.8, 4) is 22.6 Å². The largest absolute Gasteiger partial charge is 0.493 e. The maximum Gasteiger partial charge on any atom is 0.201 e. The second kappa shape index (κ2) is 11.1. The van der Waals surface area contributed by atoms with Crippen LogP contribution in [0.3, 0.4) is 0 Å². The SMILES string of the molecule is C=CC1CCC(C2CCC(COc3ccc(-c4ccc(OCC)c(F)c4F)cc3)CO2)CC1. The summed E-state index contributed by atoms with van der Waals surface area (Å²) in [6.07, 6.45) is 9.66. The van der Waals surface area contributed by atoms with Crippen LogP contribution in [0, 0.1) is 29.4 Å². The van der Waals surface area contributed by atoms with Gasteiger partial charge in [0.15, 0.2) is 11.6 Å². The Balaban J connectivity index is 1.26. The normalized spacial score (nSPS) is 25.4. The molecule has 2 atom stereocenters. The summed E-state index contributed by atoms with van der Waals surface area (Å²) in [7, 11) is 0. The lowest BCUT2D eigenvalue weighted by molar-refractivity contribution is -0.0641. The van der Waals surface area contributed by atoms with E-state index in [2.05, 4.69) is 12.7 Å². The van der Waals surface area contributed by atoms with Crippen LogP contribution < -0.4 is 9.47 Å². The number of benzene rings is 2. The fourth-order valence-electron chi connectivity index (χ4n) is 5.05. The molecule has 2 fully saturated rings. The lowest BCUT2D eigenvalue weighted by Gasteiger charge is -2.37. The molecule has 0 bridgehead atoms. The van der Waals surface area contributed by atoms with Gasteiger partial charge >= 0.3 is 0 Å². The highest BCUT2D eigenvalue weighted by atomic mass is 19.2. The van der Waals surface area contributed by atoms with Crippen LogP contribution in [0.25, 0.3) is 11.1 Å². The third-order valence-electron chi connectivity index (χ3n) is 7.08. The average molecular weight is 457 g/mol. The van der Waals surface area contributed by atoms with Gasteiger partial charge in [-0.25, -0.2) is 4.39 Å². The van der Waals surface area contributed by atoms with Gasteiger partial charge in [-0.05, 0) is 87.1 Å². The summed E-state index contributed by atoms with van der Waals surface area (Å²) in [5.41, 5.74) is 0.799. The first-order valence-electron chi connectivity index (χ1n) is 12.2. The highest BCUT2D eigenvalue weighted by Gasteiger charge is 2.31. The number of rotatable bonds is 8. The molecule has 2 aromatic carbocycles. The van der Waals surface area contributed by atoms with Crippen molar-refractivity contribution < 1.29 is 23.0 Å². The number of allylic oxidation sites excluding steroid dienone is 1. The third kappa shape index (κ3) is 5.75. The molecule has 2 unspecified atom stereocenters. The van der Waals surface area contributed by atoms with E-state index < -0.39 is 11.6 Å². The second-order valence-corrected chi connectivity index (χ2v) is 9.23. The molecule has 0 amide bonds. The lowest BCUT2D eigenvalue weighted by atomic mass is 9.77. The molecule has 4 rings (SSSR count). The molecule has 0 spiro atoms. The van der Waals surface area contributed by atoms with Gasteiger partial charge < -0.3 is 14.2 Å². The van der Waals surface area contributed by atoms with Crippen LogP contribution in [-0.4, -0.2) is 25.9 Å². The van der Waals surface area contributed by atoms with Crippen molar-refractivity contribution in [3.05, 3.63) is 60.7 Å². The molecule has 2 aromatic rings. The molecule has 1 aliphatic heterocycles. The van der Waals surface area contributed by atoms with E-state index >= 15 is 0 Å². The summed E-state index contributed by atoms with van der Waals surface area (Å²) < 4.78 is 46.0. The van der Waals surface area contributed by atoms with Crippen molar-refractivity contribution in [1.29, 1.82) is 0 Å². The van der Waals surface area contributed by atoms with Gasteiger partial charge in [0.2, 0.25) is 5.82 Å². The molecule has 3 nitrogen and oxygen atoms in total. The summed E-state index contributed by atoms with van der Waals surface area (Å²) >= 11 is 0. The van der Waals surface area contributed by atoms with Gasteiger partial charge in [-0.2, -0.15) is 4.39 Å². The molecule has 0 radical (unpaired) electrons. The van der Waals surface area contributed by atoms with E-state index in [4.69, 9.17) is 14.2 Å². The van der Waals surface area contributed by atoms with E-state index in [1.165, 1.54) is 31.7 Å². The molecular formula is C28H34F2O3. The van der Waals surface area contributed by atoms with E-state index in [0.29, 0.717) is 36.0 Å². The minimum atomic E-state index is -0.959. The van der Waals surface area contributed by atoms with Crippen molar-refractivity contribution in [3.63, 3.8) is 0 Å². The Kier molecular flexibility index (Phi) is 8.02. The third-order valence-corrected chi connectivity index (χ3v) is 7.08. The molecule has 33 heavy (non-hydrogen) atoms. The van der Waals surface area contributed by atoms with Gasteiger partial charge in [0.05, 0.1) is 25.9 Å². The summed E-state index contributed by atoms with van der Waals surface area (Å²) in [5.74, 6) is 0.532. The average Bonchev–Trinajstić information content (AvgIpc) is 2.87.